The van der Waals surface area contributed by atoms with E-state index in [-0.39, 0.29) is 6.04 Å². The minimum absolute atomic E-state index is 0.212. The molecular weight excluding hydrogens is 278 g/mol. The number of aromatic amines is 1. The summed E-state index contributed by atoms with van der Waals surface area (Å²) >= 11 is 3.44. The maximum Gasteiger partial charge on any atom is 0.122 e. The van der Waals surface area contributed by atoms with Gasteiger partial charge in [-0.3, -0.25) is 0 Å². The number of hydrogen-bond donors (Lipinski definition) is 2. The summed E-state index contributed by atoms with van der Waals surface area (Å²) in [4.78, 5) is 7.37. The first-order chi connectivity index (χ1) is 8.16. The first-order valence-corrected chi connectivity index (χ1v) is 6.47. The van der Waals surface area contributed by atoms with Crippen LogP contribution in [-0.4, -0.2) is 9.97 Å². The normalized spacial score (nSPS) is 14.5. The third kappa shape index (κ3) is 3.17. The van der Waals surface area contributed by atoms with Crippen LogP contribution in [0.1, 0.15) is 37.3 Å². The summed E-state index contributed by atoms with van der Waals surface area (Å²) in [6.07, 6.45) is 3.62. The molecule has 2 rings (SSSR count). The summed E-state index contributed by atoms with van der Waals surface area (Å²) in [5, 5.41) is 3.51. The minimum atomic E-state index is 0.212. The molecule has 4 heteroatoms. The van der Waals surface area contributed by atoms with Crippen LogP contribution in [0.3, 0.4) is 0 Å². The van der Waals surface area contributed by atoms with Crippen LogP contribution in [0.15, 0.2) is 41.1 Å². The minimum Gasteiger partial charge on any atom is -0.347 e. The van der Waals surface area contributed by atoms with Gasteiger partial charge in [-0.15, -0.1) is 0 Å². The highest BCUT2D eigenvalue weighted by molar-refractivity contribution is 9.10. The lowest BCUT2D eigenvalue weighted by Gasteiger charge is -2.19. The summed E-state index contributed by atoms with van der Waals surface area (Å²) in [5.74, 6) is 0.967. The molecule has 90 valence electrons. The Morgan fingerprint density at radius 1 is 1.18 bits per heavy atom. The highest BCUT2D eigenvalue weighted by Crippen LogP contribution is 2.19. The van der Waals surface area contributed by atoms with Gasteiger partial charge in [-0.1, -0.05) is 28.1 Å². The molecule has 2 aromatic rings. The summed E-state index contributed by atoms with van der Waals surface area (Å²) in [6, 6.07) is 8.87. The van der Waals surface area contributed by atoms with Crippen LogP contribution in [0.2, 0.25) is 0 Å². The second-order valence-electron chi connectivity index (χ2n) is 4.14. The number of benzene rings is 1. The zero-order valence-corrected chi connectivity index (χ0v) is 11.5. The van der Waals surface area contributed by atoms with Gasteiger partial charge in [0.05, 0.1) is 6.04 Å². The van der Waals surface area contributed by atoms with Gasteiger partial charge in [0.15, 0.2) is 0 Å². The fourth-order valence-electron chi connectivity index (χ4n) is 1.82. The predicted octanol–water partition coefficient (Wildman–Crippen LogP) is 3.58. The van der Waals surface area contributed by atoms with Crippen molar-refractivity contribution in [2.45, 2.75) is 25.9 Å². The molecule has 1 aromatic heterocycles. The van der Waals surface area contributed by atoms with Crippen LogP contribution in [0.4, 0.5) is 0 Å². The smallest absolute Gasteiger partial charge is 0.122 e. The first kappa shape index (κ1) is 12.3. The number of imidazole rings is 1. The van der Waals surface area contributed by atoms with E-state index in [1.54, 1.807) is 6.20 Å². The zero-order chi connectivity index (χ0) is 12.3. The van der Waals surface area contributed by atoms with E-state index in [1.165, 1.54) is 5.56 Å². The maximum atomic E-state index is 4.25. The average molecular weight is 294 g/mol. The second-order valence-corrected chi connectivity index (χ2v) is 5.05. The molecule has 2 atom stereocenters. The highest BCUT2D eigenvalue weighted by atomic mass is 79.9. The second kappa shape index (κ2) is 5.47. The number of nitrogens with zero attached hydrogens (tertiary/aromatic N) is 1. The first-order valence-electron chi connectivity index (χ1n) is 5.67. The maximum absolute atomic E-state index is 4.25. The standard InChI is InChI=1S/C13H16BrN3/c1-9(11-3-5-12(14)6-4-11)17-10(2)13-15-7-8-16-13/h3-10,17H,1-2H3,(H,15,16). The predicted molar refractivity (Wildman–Crippen MR) is 72.7 cm³/mol. The lowest BCUT2D eigenvalue weighted by atomic mass is 10.1. The van der Waals surface area contributed by atoms with Crippen molar-refractivity contribution in [2.24, 2.45) is 0 Å². The summed E-state index contributed by atoms with van der Waals surface area (Å²) in [6.45, 7) is 4.26. The van der Waals surface area contributed by atoms with Crippen molar-refractivity contribution in [1.82, 2.24) is 15.3 Å². The van der Waals surface area contributed by atoms with Crippen molar-refractivity contribution in [3.8, 4) is 0 Å². The lowest BCUT2D eigenvalue weighted by Crippen LogP contribution is -2.23. The Balaban J connectivity index is 2.01. The number of aromatic nitrogens is 2. The molecule has 0 spiro atoms. The van der Waals surface area contributed by atoms with E-state index in [4.69, 9.17) is 0 Å². The third-order valence-electron chi connectivity index (χ3n) is 2.80. The van der Waals surface area contributed by atoms with E-state index in [9.17, 15) is 0 Å². The van der Waals surface area contributed by atoms with Gasteiger partial charge in [0.1, 0.15) is 5.82 Å². The van der Waals surface area contributed by atoms with Crippen LogP contribution in [0.5, 0.6) is 0 Å². The average Bonchev–Trinajstić information content (AvgIpc) is 2.83. The van der Waals surface area contributed by atoms with Crippen molar-refractivity contribution in [3.63, 3.8) is 0 Å². The van der Waals surface area contributed by atoms with E-state index >= 15 is 0 Å². The Hall–Kier alpha value is -1.13. The van der Waals surface area contributed by atoms with Gasteiger partial charge in [0.25, 0.3) is 0 Å². The third-order valence-corrected chi connectivity index (χ3v) is 3.33. The van der Waals surface area contributed by atoms with Crippen LogP contribution in [0, 0.1) is 0 Å². The van der Waals surface area contributed by atoms with Gasteiger partial charge < -0.3 is 10.3 Å². The van der Waals surface area contributed by atoms with E-state index in [2.05, 4.69) is 69.3 Å². The SMILES string of the molecule is CC(NC(C)c1ncc[nH]1)c1ccc(Br)cc1. The molecule has 0 amide bonds. The van der Waals surface area contributed by atoms with E-state index in [1.807, 2.05) is 6.20 Å². The molecular formula is C13H16BrN3. The van der Waals surface area contributed by atoms with Gasteiger partial charge in [0, 0.05) is 22.9 Å². The molecule has 0 aliphatic heterocycles. The molecule has 2 unspecified atom stereocenters. The van der Waals surface area contributed by atoms with Crippen molar-refractivity contribution >= 4 is 15.9 Å². The molecule has 0 saturated carbocycles. The van der Waals surface area contributed by atoms with Crippen molar-refractivity contribution in [2.75, 3.05) is 0 Å². The molecule has 0 aliphatic rings. The highest BCUT2D eigenvalue weighted by Gasteiger charge is 2.12. The number of H-pyrrole nitrogens is 1. The molecule has 1 heterocycles. The summed E-state index contributed by atoms with van der Waals surface area (Å²) in [5.41, 5.74) is 1.27. The molecule has 0 saturated heterocycles. The molecule has 0 radical (unpaired) electrons. The largest absolute Gasteiger partial charge is 0.347 e. The van der Waals surface area contributed by atoms with Gasteiger partial charge in [-0.25, -0.2) is 4.98 Å². The lowest BCUT2D eigenvalue weighted by molar-refractivity contribution is 0.479. The number of halogens is 1. The Morgan fingerprint density at radius 3 is 2.47 bits per heavy atom. The fraction of sp³-hybridized carbons (Fsp3) is 0.308. The van der Waals surface area contributed by atoms with E-state index in [0.29, 0.717) is 6.04 Å². The topological polar surface area (TPSA) is 40.7 Å². The summed E-state index contributed by atoms with van der Waals surface area (Å²) in [7, 11) is 0. The van der Waals surface area contributed by atoms with E-state index in [0.717, 1.165) is 10.3 Å². The van der Waals surface area contributed by atoms with E-state index < -0.39 is 0 Å². The van der Waals surface area contributed by atoms with Gasteiger partial charge in [-0.2, -0.15) is 0 Å². The van der Waals surface area contributed by atoms with Gasteiger partial charge in [-0.05, 0) is 31.5 Å². The number of rotatable bonds is 4. The molecule has 0 aliphatic carbocycles. The number of hydrogen-bond acceptors (Lipinski definition) is 2. The molecule has 0 bridgehead atoms. The van der Waals surface area contributed by atoms with Crippen LogP contribution >= 0.6 is 15.9 Å². The Bertz CT molecular complexity index is 450. The van der Waals surface area contributed by atoms with Crippen molar-refractivity contribution in [1.29, 1.82) is 0 Å². The Morgan fingerprint density at radius 2 is 1.88 bits per heavy atom. The Kier molecular flexibility index (Phi) is 3.97. The molecule has 17 heavy (non-hydrogen) atoms. The molecule has 2 N–H and O–H groups in total. The van der Waals surface area contributed by atoms with Crippen molar-refractivity contribution < 1.29 is 0 Å². The quantitative estimate of drug-likeness (QED) is 0.904. The van der Waals surface area contributed by atoms with Gasteiger partial charge >= 0.3 is 0 Å². The van der Waals surface area contributed by atoms with Crippen LogP contribution in [0.25, 0.3) is 0 Å². The fourth-order valence-corrected chi connectivity index (χ4v) is 2.08. The summed E-state index contributed by atoms with van der Waals surface area (Å²) < 4.78 is 1.10. The number of nitrogens with one attached hydrogen (secondary N) is 2. The van der Waals surface area contributed by atoms with Crippen LogP contribution in [-0.2, 0) is 0 Å². The molecule has 3 nitrogen and oxygen atoms in total. The zero-order valence-electron chi connectivity index (χ0n) is 9.94. The monoisotopic (exact) mass is 293 g/mol. The Labute approximate surface area is 110 Å². The molecule has 1 aromatic carbocycles. The molecule has 0 fully saturated rings. The van der Waals surface area contributed by atoms with Crippen molar-refractivity contribution in [3.05, 3.63) is 52.5 Å². The van der Waals surface area contributed by atoms with Crippen LogP contribution < -0.4 is 5.32 Å². The van der Waals surface area contributed by atoms with Gasteiger partial charge in [0.2, 0.25) is 0 Å².